The van der Waals surface area contributed by atoms with Crippen molar-refractivity contribution < 1.29 is 34.9 Å². The van der Waals surface area contributed by atoms with Crippen molar-refractivity contribution in [2.75, 3.05) is 5.73 Å². The summed E-state index contributed by atoms with van der Waals surface area (Å²) in [5.41, 5.74) is 2.59. The topological polar surface area (TPSA) is 80.4 Å². The third-order valence-corrected chi connectivity index (χ3v) is 2.93. The highest BCUT2D eigenvalue weighted by atomic mass is 32.2. The maximum atomic E-state index is 12.9. The molecule has 10 heteroatoms. The largest absolute Gasteiger partial charge is 0.458 e. The van der Waals surface area contributed by atoms with E-state index in [1.54, 1.807) is 0 Å². The van der Waals surface area contributed by atoms with Gasteiger partial charge >= 0.3 is 12.1 Å². The first-order chi connectivity index (χ1) is 7.87. The van der Waals surface area contributed by atoms with Gasteiger partial charge in [-0.3, -0.25) is 4.55 Å². The Morgan fingerprint density at radius 1 is 1.11 bits per heavy atom. The Morgan fingerprint density at radius 3 is 1.94 bits per heavy atom. The van der Waals surface area contributed by atoms with Crippen LogP contribution in [0.2, 0.25) is 0 Å². The number of nitrogens with two attached hydrogens (primary N) is 1. The average molecular weight is 291 g/mol. The SMILES string of the molecule is Nc1cc(C(F)(F)C(F)(F)F)ccc1S(=O)(=O)O. The van der Waals surface area contributed by atoms with E-state index in [9.17, 15) is 30.4 Å². The van der Waals surface area contributed by atoms with Gasteiger partial charge in [0.15, 0.2) is 0 Å². The summed E-state index contributed by atoms with van der Waals surface area (Å²) in [5, 5.41) is 0. The van der Waals surface area contributed by atoms with Gasteiger partial charge in [0.2, 0.25) is 0 Å². The quantitative estimate of drug-likeness (QED) is 0.497. The molecule has 1 aromatic rings. The van der Waals surface area contributed by atoms with E-state index in [1.807, 2.05) is 0 Å². The molecule has 0 atom stereocenters. The molecule has 4 nitrogen and oxygen atoms in total. The summed E-state index contributed by atoms with van der Waals surface area (Å²) in [4.78, 5) is -0.941. The first kappa shape index (κ1) is 14.6. The van der Waals surface area contributed by atoms with Gasteiger partial charge in [-0.15, -0.1) is 0 Å². The van der Waals surface area contributed by atoms with Crippen molar-refractivity contribution >= 4 is 15.8 Å². The minimum atomic E-state index is -5.83. The van der Waals surface area contributed by atoms with Gasteiger partial charge in [0.25, 0.3) is 10.1 Å². The smallest absolute Gasteiger partial charge is 0.398 e. The molecule has 3 N–H and O–H groups in total. The summed E-state index contributed by atoms with van der Waals surface area (Å²) in [6.07, 6.45) is -5.83. The van der Waals surface area contributed by atoms with Crippen LogP contribution in [-0.2, 0) is 16.0 Å². The van der Waals surface area contributed by atoms with Crippen LogP contribution in [0.5, 0.6) is 0 Å². The van der Waals surface area contributed by atoms with Gasteiger partial charge in [0.1, 0.15) is 4.90 Å². The van der Waals surface area contributed by atoms with Gasteiger partial charge in [-0.25, -0.2) is 0 Å². The molecule has 0 saturated heterocycles. The minimum Gasteiger partial charge on any atom is -0.398 e. The Hall–Kier alpha value is -1.42. The van der Waals surface area contributed by atoms with Gasteiger partial charge in [-0.05, 0) is 12.1 Å². The van der Waals surface area contributed by atoms with Crippen LogP contribution in [0.15, 0.2) is 23.1 Å². The van der Waals surface area contributed by atoms with E-state index in [0.717, 1.165) is 0 Å². The molecule has 0 aliphatic carbocycles. The van der Waals surface area contributed by atoms with Crippen LogP contribution in [0.4, 0.5) is 27.6 Å². The molecular formula is C8H6F5NO3S. The van der Waals surface area contributed by atoms with E-state index in [4.69, 9.17) is 10.3 Å². The third kappa shape index (κ3) is 2.53. The van der Waals surface area contributed by atoms with Crippen molar-refractivity contribution in [1.82, 2.24) is 0 Å². The lowest BCUT2D eigenvalue weighted by atomic mass is 10.1. The average Bonchev–Trinajstić information content (AvgIpc) is 2.13. The molecule has 0 aromatic heterocycles. The molecule has 1 aromatic carbocycles. The van der Waals surface area contributed by atoms with Crippen molar-refractivity contribution in [2.24, 2.45) is 0 Å². The third-order valence-electron chi connectivity index (χ3n) is 2.01. The predicted octanol–water partition coefficient (Wildman–Crippen LogP) is 2.17. The first-order valence-corrected chi connectivity index (χ1v) is 5.63. The number of benzene rings is 1. The van der Waals surface area contributed by atoms with Crippen LogP contribution in [0.25, 0.3) is 0 Å². The number of anilines is 1. The molecule has 0 saturated carbocycles. The molecule has 1 rings (SSSR count). The molecule has 0 radical (unpaired) electrons. The molecule has 0 spiro atoms. The summed E-state index contributed by atoms with van der Waals surface area (Å²) in [6, 6.07) is 0.753. The van der Waals surface area contributed by atoms with E-state index < -0.39 is 38.4 Å². The Kier molecular flexibility index (Phi) is 3.30. The van der Waals surface area contributed by atoms with Crippen LogP contribution in [0, 0.1) is 0 Å². The number of alkyl halides is 5. The normalized spacial score (nSPS) is 13.7. The van der Waals surface area contributed by atoms with Crippen molar-refractivity contribution in [1.29, 1.82) is 0 Å². The van der Waals surface area contributed by atoms with E-state index >= 15 is 0 Å². The number of hydrogen-bond donors (Lipinski definition) is 2. The Bertz CT molecular complexity index is 567. The molecular weight excluding hydrogens is 285 g/mol. The number of hydrogen-bond acceptors (Lipinski definition) is 3. The highest BCUT2D eigenvalue weighted by Crippen LogP contribution is 2.44. The zero-order valence-electron chi connectivity index (χ0n) is 8.37. The van der Waals surface area contributed by atoms with E-state index in [2.05, 4.69) is 0 Å². The van der Waals surface area contributed by atoms with Gasteiger partial charge in [-0.2, -0.15) is 30.4 Å². The van der Waals surface area contributed by atoms with Gasteiger partial charge in [0, 0.05) is 5.56 Å². The number of halogens is 5. The molecule has 0 aliphatic heterocycles. The lowest BCUT2D eigenvalue weighted by Crippen LogP contribution is -2.33. The predicted molar refractivity (Wildman–Crippen MR) is 50.6 cm³/mol. The van der Waals surface area contributed by atoms with Crippen LogP contribution in [0.3, 0.4) is 0 Å². The fourth-order valence-corrected chi connectivity index (χ4v) is 1.74. The molecule has 102 valence electrons. The molecule has 0 heterocycles. The zero-order valence-corrected chi connectivity index (χ0v) is 9.19. The Labute approximate surface area is 98.0 Å². The second kappa shape index (κ2) is 4.05. The van der Waals surface area contributed by atoms with Crippen molar-refractivity contribution in [2.45, 2.75) is 17.0 Å². The van der Waals surface area contributed by atoms with Gasteiger partial charge in [-0.1, -0.05) is 6.07 Å². The lowest BCUT2D eigenvalue weighted by Gasteiger charge is -2.20. The molecule has 18 heavy (non-hydrogen) atoms. The fraction of sp³-hybridized carbons (Fsp3) is 0.250. The molecule has 0 aliphatic rings. The summed E-state index contributed by atoms with van der Waals surface area (Å²) in [7, 11) is -4.78. The lowest BCUT2D eigenvalue weighted by molar-refractivity contribution is -0.289. The standard InChI is InChI=1S/C8H6F5NO3S/c9-7(10,8(11,12)13)4-1-2-6(5(14)3-4)18(15,16)17/h1-3H,14H2,(H,15,16,17). The van der Waals surface area contributed by atoms with Crippen molar-refractivity contribution in [3.05, 3.63) is 23.8 Å². The van der Waals surface area contributed by atoms with E-state index in [-0.39, 0.29) is 12.1 Å². The second-order valence-corrected chi connectivity index (χ2v) is 4.69. The summed E-state index contributed by atoms with van der Waals surface area (Å²) in [5.74, 6) is -5.17. The number of rotatable bonds is 2. The molecule has 0 unspecified atom stereocenters. The zero-order chi connectivity index (χ0) is 14.4. The highest BCUT2D eigenvalue weighted by Gasteiger charge is 2.58. The molecule has 0 bridgehead atoms. The van der Waals surface area contributed by atoms with Crippen LogP contribution in [0.1, 0.15) is 5.56 Å². The van der Waals surface area contributed by atoms with Crippen LogP contribution < -0.4 is 5.73 Å². The summed E-state index contributed by atoms with van der Waals surface area (Å²) in [6.45, 7) is 0. The maximum Gasteiger partial charge on any atom is 0.458 e. The minimum absolute atomic E-state index is 0.149. The van der Waals surface area contributed by atoms with Gasteiger partial charge in [0.05, 0.1) is 5.69 Å². The first-order valence-electron chi connectivity index (χ1n) is 4.19. The van der Waals surface area contributed by atoms with Crippen LogP contribution in [-0.4, -0.2) is 19.1 Å². The highest BCUT2D eigenvalue weighted by molar-refractivity contribution is 7.86. The molecule has 0 fully saturated rings. The monoisotopic (exact) mass is 291 g/mol. The van der Waals surface area contributed by atoms with E-state index in [0.29, 0.717) is 6.07 Å². The summed E-state index contributed by atoms with van der Waals surface area (Å²) >= 11 is 0. The Morgan fingerprint density at radius 2 is 1.61 bits per heavy atom. The maximum absolute atomic E-state index is 12.9. The summed E-state index contributed by atoms with van der Waals surface area (Å²) < 4.78 is 91.8. The number of nitrogen functional groups attached to an aromatic ring is 1. The van der Waals surface area contributed by atoms with Crippen molar-refractivity contribution in [3.63, 3.8) is 0 Å². The Balaban J connectivity index is 3.38. The fourth-order valence-electron chi connectivity index (χ4n) is 1.14. The van der Waals surface area contributed by atoms with E-state index in [1.165, 1.54) is 0 Å². The van der Waals surface area contributed by atoms with Crippen molar-refractivity contribution in [3.8, 4) is 0 Å². The second-order valence-electron chi connectivity index (χ2n) is 3.30. The molecule has 0 amide bonds. The van der Waals surface area contributed by atoms with Crippen LogP contribution >= 0.6 is 0 Å². The van der Waals surface area contributed by atoms with Gasteiger partial charge < -0.3 is 5.73 Å².